The Morgan fingerprint density at radius 1 is 1.00 bits per heavy atom. The van der Waals surface area contributed by atoms with E-state index in [1.54, 1.807) is 6.07 Å². The Labute approximate surface area is 177 Å². The molecule has 2 saturated carbocycles. The summed E-state index contributed by atoms with van der Waals surface area (Å²) in [7, 11) is 0. The van der Waals surface area contributed by atoms with Crippen molar-refractivity contribution in [1.82, 2.24) is 0 Å². The van der Waals surface area contributed by atoms with Gasteiger partial charge in [0.05, 0.1) is 11.7 Å². The molecule has 1 aromatic carbocycles. The van der Waals surface area contributed by atoms with E-state index in [4.69, 9.17) is 4.74 Å². The van der Waals surface area contributed by atoms with Crippen LogP contribution in [0.15, 0.2) is 6.07 Å². The molecule has 5 nitrogen and oxygen atoms in total. The van der Waals surface area contributed by atoms with Crippen molar-refractivity contribution in [3.63, 3.8) is 0 Å². The van der Waals surface area contributed by atoms with Crippen LogP contribution in [0.4, 0.5) is 0 Å². The first-order valence-electron chi connectivity index (χ1n) is 11.3. The van der Waals surface area contributed by atoms with Gasteiger partial charge in [-0.3, -0.25) is 9.59 Å². The molecule has 4 aliphatic rings. The number of ether oxygens (including phenoxy) is 1. The largest absolute Gasteiger partial charge is 0.507 e. The Morgan fingerprint density at radius 2 is 1.73 bits per heavy atom. The van der Waals surface area contributed by atoms with Crippen LogP contribution in [0.1, 0.15) is 81.3 Å². The van der Waals surface area contributed by atoms with Crippen LogP contribution in [-0.4, -0.2) is 33.5 Å². The van der Waals surface area contributed by atoms with Crippen molar-refractivity contribution in [2.75, 3.05) is 0 Å². The fraction of sp³-hybridized carbons (Fsp3) is 0.680. The molecule has 3 aliphatic carbocycles. The summed E-state index contributed by atoms with van der Waals surface area (Å²) in [6.07, 6.45) is 3.74. The molecule has 5 heteroatoms. The van der Waals surface area contributed by atoms with Crippen molar-refractivity contribution in [3.05, 3.63) is 22.8 Å². The number of phenolic OH excluding ortho intramolecular Hbond substituents is 1. The van der Waals surface area contributed by atoms with Crippen LogP contribution in [0.2, 0.25) is 0 Å². The smallest absolute Gasteiger partial charge is 0.169 e. The Bertz CT molecular complexity index is 963. The fourth-order valence-corrected chi connectivity index (χ4v) is 7.55. The molecule has 5 rings (SSSR count). The van der Waals surface area contributed by atoms with Gasteiger partial charge in [-0.25, -0.2) is 0 Å². The van der Waals surface area contributed by atoms with E-state index in [9.17, 15) is 19.8 Å². The average molecular weight is 413 g/mol. The van der Waals surface area contributed by atoms with Gasteiger partial charge in [0.25, 0.3) is 0 Å². The highest BCUT2D eigenvalue weighted by atomic mass is 16.5. The van der Waals surface area contributed by atoms with Gasteiger partial charge in [-0.05, 0) is 55.1 Å². The number of carbonyl (C=O) groups excluding carboxylic acids is 2. The molecule has 0 aromatic heterocycles. The number of phenols is 1. The number of aromatic hydroxyl groups is 1. The van der Waals surface area contributed by atoms with Crippen molar-refractivity contribution < 1.29 is 24.5 Å². The van der Waals surface area contributed by atoms with E-state index in [2.05, 4.69) is 27.7 Å². The lowest BCUT2D eigenvalue weighted by Crippen LogP contribution is -2.63. The van der Waals surface area contributed by atoms with E-state index in [1.165, 1.54) is 0 Å². The average Bonchev–Trinajstić information content (AvgIpc) is 2.63. The third-order valence-electron chi connectivity index (χ3n) is 9.12. The van der Waals surface area contributed by atoms with Gasteiger partial charge in [0, 0.05) is 36.7 Å². The highest BCUT2D eigenvalue weighted by Crippen LogP contribution is 2.64. The molecule has 1 aliphatic heterocycles. The quantitative estimate of drug-likeness (QED) is 0.673. The summed E-state index contributed by atoms with van der Waals surface area (Å²) in [4.78, 5) is 25.3. The molecule has 0 spiro atoms. The van der Waals surface area contributed by atoms with Crippen LogP contribution in [0.3, 0.4) is 0 Å². The van der Waals surface area contributed by atoms with Crippen molar-refractivity contribution in [1.29, 1.82) is 0 Å². The van der Waals surface area contributed by atoms with Gasteiger partial charge >= 0.3 is 0 Å². The molecule has 162 valence electrons. The Hall–Kier alpha value is -1.88. The molecule has 0 radical (unpaired) electrons. The number of benzene rings is 1. The highest BCUT2D eigenvalue weighted by Gasteiger charge is 2.62. The molecular weight excluding hydrogens is 380 g/mol. The van der Waals surface area contributed by atoms with Gasteiger partial charge < -0.3 is 14.9 Å². The number of ketones is 2. The second-order valence-corrected chi connectivity index (χ2v) is 11.1. The maximum absolute atomic E-state index is 12.7. The molecule has 5 atom stereocenters. The number of carbonyl (C=O) groups is 2. The first-order chi connectivity index (χ1) is 14.0. The zero-order chi connectivity index (χ0) is 21.6. The third-order valence-corrected chi connectivity index (χ3v) is 9.12. The molecule has 0 amide bonds. The number of hydrogen-bond donors (Lipinski definition) is 2. The predicted octanol–water partition coefficient (Wildman–Crippen LogP) is 4.00. The minimum absolute atomic E-state index is 0.0352. The molecule has 1 heterocycles. The first kappa shape index (κ1) is 20.0. The maximum atomic E-state index is 12.7. The van der Waals surface area contributed by atoms with E-state index in [-0.39, 0.29) is 40.3 Å². The van der Waals surface area contributed by atoms with E-state index in [0.29, 0.717) is 35.9 Å². The zero-order valence-corrected chi connectivity index (χ0v) is 18.4. The lowest BCUT2D eigenvalue weighted by molar-refractivity contribution is -0.173. The van der Waals surface area contributed by atoms with Gasteiger partial charge in [0.15, 0.2) is 5.78 Å². The van der Waals surface area contributed by atoms with Crippen LogP contribution in [0, 0.1) is 22.7 Å². The molecular formula is C25H32O5. The maximum Gasteiger partial charge on any atom is 0.169 e. The minimum Gasteiger partial charge on any atom is -0.507 e. The Morgan fingerprint density at radius 3 is 2.47 bits per heavy atom. The van der Waals surface area contributed by atoms with Gasteiger partial charge in [-0.15, -0.1) is 0 Å². The summed E-state index contributed by atoms with van der Waals surface area (Å²) >= 11 is 0. The van der Waals surface area contributed by atoms with Crippen LogP contribution in [0.25, 0.3) is 0 Å². The number of hydrogen-bond acceptors (Lipinski definition) is 5. The van der Waals surface area contributed by atoms with Gasteiger partial charge in [-0.1, -0.05) is 20.8 Å². The van der Waals surface area contributed by atoms with Crippen molar-refractivity contribution >= 4 is 11.6 Å². The second-order valence-electron chi connectivity index (χ2n) is 11.1. The van der Waals surface area contributed by atoms with Crippen LogP contribution in [0.5, 0.6) is 11.5 Å². The summed E-state index contributed by atoms with van der Waals surface area (Å²) in [6.45, 7) is 8.70. The summed E-state index contributed by atoms with van der Waals surface area (Å²) in [5, 5.41) is 20.8. The Balaban J connectivity index is 1.64. The normalized spacial score (nSPS) is 39.3. The molecule has 1 aromatic rings. The van der Waals surface area contributed by atoms with Crippen LogP contribution < -0.4 is 4.74 Å². The van der Waals surface area contributed by atoms with E-state index in [1.807, 2.05) is 0 Å². The zero-order valence-electron chi connectivity index (χ0n) is 18.4. The summed E-state index contributed by atoms with van der Waals surface area (Å²) < 4.78 is 6.61. The minimum atomic E-state index is -0.717. The standard InChI is InChI=1S/C25H32O5/c1-23(2)19-5-8-25(4)20(24(19,3)7-6-21(23)29)11-14-15-9-13(26)10-16(27)22(15)17(28)12-18(14)30-25/h12-13,19-20,26,28H,5-11H2,1-4H3/t13-,19+,20+,24+,25+/m1/s1. The molecule has 0 unspecified atom stereocenters. The lowest BCUT2D eigenvalue weighted by atomic mass is 9.44. The van der Waals surface area contributed by atoms with Crippen molar-refractivity contribution in [2.24, 2.45) is 22.7 Å². The van der Waals surface area contributed by atoms with E-state index < -0.39 is 6.10 Å². The number of Topliss-reactive ketones (excluding diaryl/α,β-unsaturated/α-hetero) is 2. The summed E-state index contributed by atoms with van der Waals surface area (Å²) in [5.74, 6) is 1.30. The Kier molecular flexibility index (Phi) is 4.07. The first-order valence-corrected chi connectivity index (χ1v) is 11.3. The van der Waals surface area contributed by atoms with Crippen LogP contribution in [-0.2, 0) is 17.6 Å². The van der Waals surface area contributed by atoms with Gasteiger partial charge in [0.2, 0.25) is 0 Å². The summed E-state index contributed by atoms with van der Waals surface area (Å²) in [6, 6.07) is 1.61. The lowest BCUT2D eigenvalue weighted by Gasteiger charge is -2.62. The number of rotatable bonds is 0. The molecule has 0 saturated heterocycles. The molecule has 2 N–H and O–H groups in total. The van der Waals surface area contributed by atoms with Gasteiger partial charge in [-0.2, -0.15) is 0 Å². The SMILES string of the molecule is CC1(C)C(=O)CC[C@@]2(C)[C@H]1CC[C@]1(C)Oc3cc(O)c4c(c3C[C@@H]21)C[C@@H](O)CC4=O. The predicted molar refractivity (Wildman–Crippen MR) is 112 cm³/mol. The van der Waals surface area contributed by atoms with Crippen molar-refractivity contribution in [3.8, 4) is 11.5 Å². The van der Waals surface area contributed by atoms with Crippen molar-refractivity contribution in [2.45, 2.75) is 84.3 Å². The fourth-order valence-electron chi connectivity index (χ4n) is 7.55. The summed E-state index contributed by atoms with van der Waals surface area (Å²) in [5.41, 5.74) is 1.34. The highest BCUT2D eigenvalue weighted by molar-refractivity contribution is 6.02. The second kappa shape index (κ2) is 6.09. The number of aliphatic hydroxyl groups excluding tert-OH is 1. The monoisotopic (exact) mass is 412 g/mol. The molecule has 0 bridgehead atoms. The van der Waals surface area contributed by atoms with E-state index in [0.717, 1.165) is 36.8 Å². The van der Waals surface area contributed by atoms with Crippen LogP contribution >= 0.6 is 0 Å². The molecule has 30 heavy (non-hydrogen) atoms. The van der Waals surface area contributed by atoms with Gasteiger partial charge in [0.1, 0.15) is 22.9 Å². The number of aliphatic hydroxyl groups is 1. The van der Waals surface area contributed by atoms with E-state index >= 15 is 0 Å². The molecule has 2 fully saturated rings. The third kappa shape index (κ3) is 2.50. The number of fused-ring (bicyclic) bond motifs is 6. The topological polar surface area (TPSA) is 83.8 Å².